The molecule has 0 saturated carbocycles. The van der Waals surface area contributed by atoms with Gasteiger partial charge in [0.1, 0.15) is 17.3 Å². The van der Waals surface area contributed by atoms with Crippen LogP contribution in [0.15, 0.2) is 40.8 Å². The Morgan fingerprint density at radius 3 is 2.85 bits per heavy atom. The molecule has 1 aliphatic heterocycles. The first kappa shape index (κ1) is 18.6. The van der Waals surface area contributed by atoms with Gasteiger partial charge in [0.2, 0.25) is 5.91 Å². The van der Waals surface area contributed by atoms with Gasteiger partial charge in [-0.05, 0) is 50.8 Å². The molecule has 1 aromatic carbocycles. The number of aryl methyl sites for hydroxylation is 1. The first-order valence-corrected chi connectivity index (χ1v) is 8.70. The Hall–Kier alpha value is -2.22. The molecule has 1 aromatic heterocycles. The number of carbonyl (C=O) groups is 1. The predicted molar refractivity (Wildman–Crippen MR) is 96.7 cm³/mol. The number of nitrogens with zero attached hydrogens (tertiary/aromatic N) is 1. The zero-order valence-corrected chi connectivity index (χ0v) is 15.3. The molecule has 1 saturated heterocycles. The maximum absolute atomic E-state index is 13.5. The number of benzene rings is 1. The zero-order valence-electron chi connectivity index (χ0n) is 15.3. The molecule has 2 aromatic rings. The van der Waals surface area contributed by atoms with Crippen molar-refractivity contribution >= 4 is 5.91 Å². The molecule has 0 bridgehead atoms. The maximum atomic E-state index is 13.5. The molecule has 1 fully saturated rings. The van der Waals surface area contributed by atoms with Crippen LogP contribution in [0.25, 0.3) is 0 Å². The molecule has 6 nitrogen and oxygen atoms in total. The van der Waals surface area contributed by atoms with E-state index < -0.39 is 0 Å². The Balaban J connectivity index is 1.66. The Morgan fingerprint density at radius 1 is 1.38 bits per heavy atom. The van der Waals surface area contributed by atoms with Crippen molar-refractivity contribution in [3.8, 4) is 0 Å². The van der Waals surface area contributed by atoms with Crippen molar-refractivity contribution in [2.24, 2.45) is 5.92 Å². The van der Waals surface area contributed by atoms with Gasteiger partial charge >= 0.3 is 0 Å². The third-order valence-corrected chi connectivity index (χ3v) is 4.71. The summed E-state index contributed by atoms with van der Waals surface area (Å²) in [5.41, 5.74) is 6.83. The van der Waals surface area contributed by atoms with Crippen LogP contribution in [-0.2, 0) is 4.79 Å². The minimum Gasteiger partial charge on any atom is -0.465 e. The Morgan fingerprint density at radius 2 is 2.19 bits per heavy atom. The molecular weight excluding hydrogens is 335 g/mol. The molecule has 0 radical (unpaired) electrons. The van der Waals surface area contributed by atoms with Gasteiger partial charge < -0.3 is 9.73 Å². The second-order valence-corrected chi connectivity index (χ2v) is 6.84. The number of carbonyl (C=O) groups excluding carboxylic acids is 1. The van der Waals surface area contributed by atoms with Crippen LogP contribution in [0.4, 0.5) is 4.39 Å². The van der Waals surface area contributed by atoms with Gasteiger partial charge in [0.05, 0.1) is 18.0 Å². The number of amides is 1. The van der Waals surface area contributed by atoms with E-state index in [2.05, 4.69) is 16.2 Å². The number of hydrazine groups is 1. The summed E-state index contributed by atoms with van der Waals surface area (Å²) in [5.74, 6) is 0.951. The lowest BCUT2D eigenvalue weighted by atomic mass is 9.94. The quantitative estimate of drug-likeness (QED) is 0.734. The number of hydrogen-bond acceptors (Lipinski definition) is 5. The highest BCUT2D eigenvalue weighted by Gasteiger charge is 2.34. The molecule has 1 aliphatic rings. The van der Waals surface area contributed by atoms with Crippen LogP contribution in [0.1, 0.15) is 29.2 Å². The van der Waals surface area contributed by atoms with E-state index in [0.29, 0.717) is 13.1 Å². The molecule has 3 unspecified atom stereocenters. The third kappa shape index (κ3) is 4.12. The summed E-state index contributed by atoms with van der Waals surface area (Å²) in [6.07, 6.45) is 0. The standard InChI is InChI=1S/C19H25FN4O2/c1-12-7-8-17(26-12)16(24(2)3)11-21-19(25)15-10-22-23-18(15)13-5-4-6-14(20)9-13/h4-9,15-16,18,22-23H,10-11H2,1-3H3,(H,21,25). The minimum absolute atomic E-state index is 0.0532. The lowest BCUT2D eigenvalue weighted by molar-refractivity contribution is -0.125. The predicted octanol–water partition coefficient (Wildman–Crippen LogP) is 1.91. The fourth-order valence-electron chi connectivity index (χ4n) is 3.26. The van der Waals surface area contributed by atoms with Crippen LogP contribution >= 0.6 is 0 Å². The Kier molecular flexibility index (Phi) is 5.70. The van der Waals surface area contributed by atoms with Gasteiger partial charge in [0, 0.05) is 13.1 Å². The molecule has 0 aliphatic carbocycles. The molecule has 1 amide bonds. The van der Waals surface area contributed by atoms with Crippen molar-refractivity contribution in [3.05, 3.63) is 59.3 Å². The lowest BCUT2D eigenvalue weighted by Gasteiger charge is -2.24. The minimum atomic E-state index is -0.321. The van der Waals surface area contributed by atoms with Crippen molar-refractivity contribution in [3.63, 3.8) is 0 Å². The lowest BCUT2D eigenvalue weighted by Crippen LogP contribution is -2.39. The van der Waals surface area contributed by atoms with Crippen LogP contribution in [-0.4, -0.2) is 38.0 Å². The van der Waals surface area contributed by atoms with E-state index in [4.69, 9.17) is 4.42 Å². The number of hydrogen-bond donors (Lipinski definition) is 3. The van der Waals surface area contributed by atoms with Crippen LogP contribution < -0.4 is 16.2 Å². The monoisotopic (exact) mass is 360 g/mol. The third-order valence-electron chi connectivity index (χ3n) is 4.71. The number of likely N-dealkylation sites (N-methyl/N-ethyl adjacent to an activating group) is 1. The summed E-state index contributed by atoms with van der Waals surface area (Å²) in [7, 11) is 3.89. The van der Waals surface area contributed by atoms with Crippen molar-refractivity contribution in [2.45, 2.75) is 19.0 Å². The van der Waals surface area contributed by atoms with Gasteiger partial charge in [-0.25, -0.2) is 9.82 Å². The topological polar surface area (TPSA) is 69.5 Å². The maximum Gasteiger partial charge on any atom is 0.226 e. The van der Waals surface area contributed by atoms with E-state index in [1.807, 2.05) is 44.1 Å². The molecule has 2 heterocycles. The van der Waals surface area contributed by atoms with Crippen molar-refractivity contribution in [2.75, 3.05) is 27.2 Å². The summed E-state index contributed by atoms with van der Waals surface area (Å²) in [4.78, 5) is 14.8. The van der Waals surface area contributed by atoms with Gasteiger partial charge in [0.15, 0.2) is 0 Å². The highest BCUT2D eigenvalue weighted by Crippen LogP contribution is 2.26. The second-order valence-electron chi connectivity index (χ2n) is 6.84. The number of rotatable bonds is 6. The largest absolute Gasteiger partial charge is 0.465 e. The highest BCUT2D eigenvalue weighted by atomic mass is 19.1. The summed E-state index contributed by atoms with van der Waals surface area (Å²) >= 11 is 0. The molecular formula is C19H25FN4O2. The number of furan rings is 1. The zero-order chi connectivity index (χ0) is 18.7. The normalized spacial score (nSPS) is 21.1. The smallest absolute Gasteiger partial charge is 0.226 e. The number of nitrogens with one attached hydrogen (secondary N) is 3. The average Bonchev–Trinajstić information content (AvgIpc) is 3.24. The van der Waals surface area contributed by atoms with Gasteiger partial charge in [-0.1, -0.05) is 12.1 Å². The Bertz CT molecular complexity index is 762. The summed E-state index contributed by atoms with van der Waals surface area (Å²) in [6, 6.07) is 9.85. The fraction of sp³-hybridized carbons (Fsp3) is 0.421. The van der Waals surface area contributed by atoms with Crippen LogP contribution in [0.2, 0.25) is 0 Å². The van der Waals surface area contributed by atoms with Crippen LogP contribution in [0, 0.1) is 18.7 Å². The summed E-state index contributed by atoms with van der Waals surface area (Å²) in [6.45, 7) is 2.82. The van der Waals surface area contributed by atoms with E-state index in [9.17, 15) is 9.18 Å². The van der Waals surface area contributed by atoms with E-state index >= 15 is 0 Å². The first-order chi connectivity index (χ1) is 12.5. The first-order valence-electron chi connectivity index (χ1n) is 8.70. The van der Waals surface area contributed by atoms with Gasteiger partial charge in [-0.2, -0.15) is 0 Å². The number of halogens is 1. The van der Waals surface area contributed by atoms with Gasteiger partial charge in [-0.15, -0.1) is 0 Å². The molecule has 0 spiro atoms. The molecule has 26 heavy (non-hydrogen) atoms. The van der Waals surface area contributed by atoms with E-state index in [1.54, 1.807) is 6.07 Å². The van der Waals surface area contributed by atoms with Gasteiger partial charge in [0.25, 0.3) is 0 Å². The average molecular weight is 360 g/mol. The molecule has 3 rings (SSSR count). The summed E-state index contributed by atoms with van der Waals surface area (Å²) < 4.78 is 19.2. The molecule has 3 atom stereocenters. The van der Waals surface area contributed by atoms with Gasteiger partial charge in [-0.3, -0.25) is 15.1 Å². The van der Waals surface area contributed by atoms with Crippen molar-refractivity contribution in [1.82, 2.24) is 21.1 Å². The van der Waals surface area contributed by atoms with E-state index in [0.717, 1.165) is 17.1 Å². The highest BCUT2D eigenvalue weighted by molar-refractivity contribution is 5.80. The van der Waals surface area contributed by atoms with Crippen molar-refractivity contribution < 1.29 is 13.6 Å². The molecule has 140 valence electrons. The van der Waals surface area contributed by atoms with Crippen LogP contribution in [0.3, 0.4) is 0 Å². The van der Waals surface area contributed by atoms with E-state index in [-0.39, 0.29) is 29.7 Å². The Labute approximate surface area is 152 Å². The summed E-state index contributed by atoms with van der Waals surface area (Å²) in [5, 5.41) is 3.01. The van der Waals surface area contributed by atoms with E-state index in [1.165, 1.54) is 12.1 Å². The SMILES string of the molecule is Cc1ccc(C(CNC(=O)C2CNNC2c2cccc(F)c2)N(C)C)o1. The van der Waals surface area contributed by atoms with Crippen LogP contribution in [0.5, 0.6) is 0 Å². The second kappa shape index (κ2) is 7.99. The molecule has 7 heteroatoms. The van der Waals surface area contributed by atoms with Crippen molar-refractivity contribution in [1.29, 1.82) is 0 Å². The fourth-order valence-corrected chi connectivity index (χ4v) is 3.26. The molecule has 3 N–H and O–H groups in total.